The first kappa shape index (κ1) is 10.4. The first-order valence-electron chi connectivity index (χ1n) is 5.45. The standard InChI is InChI=1S/C14H11ClN2/c1-10-4-2-5-11-7-9-17(13(10)11)14-12(15)6-3-8-16-14/h2-9H,1H3. The van der Waals surface area contributed by atoms with Crippen LogP contribution in [-0.2, 0) is 0 Å². The quantitative estimate of drug-likeness (QED) is 0.631. The minimum Gasteiger partial charge on any atom is -0.300 e. The maximum atomic E-state index is 6.19. The molecule has 0 radical (unpaired) electrons. The summed E-state index contributed by atoms with van der Waals surface area (Å²) in [6.45, 7) is 2.09. The Hall–Kier alpha value is -1.80. The number of fused-ring (bicyclic) bond motifs is 1. The van der Waals surface area contributed by atoms with Crippen LogP contribution in [0.4, 0.5) is 0 Å². The van der Waals surface area contributed by atoms with E-state index in [1.807, 2.05) is 22.9 Å². The van der Waals surface area contributed by atoms with Gasteiger partial charge in [0.1, 0.15) is 0 Å². The summed E-state index contributed by atoms with van der Waals surface area (Å²) in [6.07, 6.45) is 3.76. The highest BCUT2D eigenvalue weighted by molar-refractivity contribution is 6.32. The van der Waals surface area contributed by atoms with Crippen molar-refractivity contribution in [2.24, 2.45) is 0 Å². The molecule has 0 aliphatic carbocycles. The summed E-state index contributed by atoms with van der Waals surface area (Å²) in [6, 6.07) is 12.0. The molecular weight excluding hydrogens is 232 g/mol. The van der Waals surface area contributed by atoms with E-state index in [0.29, 0.717) is 5.02 Å². The predicted molar refractivity (Wildman–Crippen MR) is 70.8 cm³/mol. The summed E-state index contributed by atoms with van der Waals surface area (Å²) in [4.78, 5) is 4.34. The Morgan fingerprint density at radius 3 is 2.82 bits per heavy atom. The number of rotatable bonds is 1. The van der Waals surface area contributed by atoms with Crippen molar-refractivity contribution in [3.63, 3.8) is 0 Å². The lowest BCUT2D eigenvalue weighted by Crippen LogP contribution is -1.97. The van der Waals surface area contributed by atoms with Crippen molar-refractivity contribution in [3.8, 4) is 5.82 Å². The predicted octanol–water partition coefficient (Wildman–Crippen LogP) is 3.99. The number of halogens is 1. The molecule has 3 rings (SSSR count). The third kappa shape index (κ3) is 1.61. The largest absolute Gasteiger partial charge is 0.300 e. The molecule has 3 aromatic rings. The van der Waals surface area contributed by atoms with Gasteiger partial charge in [0.05, 0.1) is 10.5 Å². The first-order valence-corrected chi connectivity index (χ1v) is 5.83. The fraction of sp³-hybridized carbons (Fsp3) is 0.0714. The molecule has 1 aromatic carbocycles. The number of hydrogen-bond donors (Lipinski definition) is 0. The van der Waals surface area contributed by atoms with Crippen molar-refractivity contribution in [1.29, 1.82) is 0 Å². The molecule has 2 aromatic heterocycles. The Kier molecular flexibility index (Phi) is 2.37. The molecule has 84 valence electrons. The minimum absolute atomic E-state index is 0.660. The summed E-state index contributed by atoms with van der Waals surface area (Å²) >= 11 is 6.19. The van der Waals surface area contributed by atoms with Crippen LogP contribution in [0.3, 0.4) is 0 Å². The average molecular weight is 243 g/mol. The minimum atomic E-state index is 0.660. The van der Waals surface area contributed by atoms with Gasteiger partial charge in [-0.25, -0.2) is 4.98 Å². The SMILES string of the molecule is Cc1cccc2ccn(-c3ncccc3Cl)c12. The van der Waals surface area contributed by atoms with Crippen molar-refractivity contribution in [3.05, 3.63) is 59.4 Å². The fourth-order valence-electron chi connectivity index (χ4n) is 2.11. The van der Waals surface area contributed by atoms with Gasteiger partial charge in [-0.1, -0.05) is 29.8 Å². The lowest BCUT2D eigenvalue weighted by Gasteiger charge is -2.07. The zero-order valence-corrected chi connectivity index (χ0v) is 10.1. The van der Waals surface area contributed by atoms with Gasteiger partial charge in [-0.15, -0.1) is 0 Å². The van der Waals surface area contributed by atoms with E-state index in [9.17, 15) is 0 Å². The van der Waals surface area contributed by atoms with Gasteiger partial charge >= 0.3 is 0 Å². The van der Waals surface area contributed by atoms with Crippen molar-refractivity contribution >= 4 is 22.5 Å². The highest BCUT2D eigenvalue weighted by Gasteiger charge is 2.08. The average Bonchev–Trinajstić information content (AvgIpc) is 2.75. The summed E-state index contributed by atoms with van der Waals surface area (Å²) in [5.74, 6) is 0.776. The number of hydrogen-bond acceptors (Lipinski definition) is 1. The van der Waals surface area contributed by atoms with Crippen molar-refractivity contribution in [2.75, 3.05) is 0 Å². The molecule has 3 heteroatoms. The third-order valence-electron chi connectivity index (χ3n) is 2.88. The van der Waals surface area contributed by atoms with Crippen LogP contribution in [0.2, 0.25) is 5.02 Å². The second-order valence-corrected chi connectivity index (χ2v) is 4.41. The zero-order valence-electron chi connectivity index (χ0n) is 9.39. The van der Waals surface area contributed by atoms with Gasteiger partial charge in [0.25, 0.3) is 0 Å². The molecule has 0 unspecified atom stereocenters. The van der Waals surface area contributed by atoms with Crippen LogP contribution in [0.1, 0.15) is 5.56 Å². The monoisotopic (exact) mass is 242 g/mol. The van der Waals surface area contributed by atoms with E-state index in [4.69, 9.17) is 11.6 Å². The first-order chi connectivity index (χ1) is 8.27. The maximum Gasteiger partial charge on any atom is 0.155 e. The Morgan fingerprint density at radius 1 is 1.12 bits per heavy atom. The van der Waals surface area contributed by atoms with E-state index < -0.39 is 0 Å². The van der Waals surface area contributed by atoms with Crippen LogP contribution in [0.5, 0.6) is 0 Å². The molecule has 0 amide bonds. The van der Waals surface area contributed by atoms with Crippen LogP contribution < -0.4 is 0 Å². The van der Waals surface area contributed by atoms with Crippen LogP contribution in [0.25, 0.3) is 16.7 Å². The van der Waals surface area contributed by atoms with Crippen LogP contribution >= 0.6 is 11.6 Å². The second kappa shape index (κ2) is 3.90. The van der Waals surface area contributed by atoms with Gasteiger partial charge in [-0.05, 0) is 30.7 Å². The third-order valence-corrected chi connectivity index (χ3v) is 3.18. The Bertz CT molecular complexity index is 686. The lowest BCUT2D eigenvalue weighted by molar-refractivity contribution is 1.04. The van der Waals surface area contributed by atoms with E-state index in [1.54, 1.807) is 6.20 Å². The Labute approximate surface area is 104 Å². The molecule has 0 saturated heterocycles. The highest BCUT2D eigenvalue weighted by atomic mass is 35.5. The summed E-state index contributed by atoms with van der Waals surface area (Å²) in [7, 11) is 0. The second-order valence-electron chi connectivity index (χ2n) is 4.01. The van der Waals surface area contributed by atoms with Gasteiger partial charge in [0.2, 0.25) is 0 Å². The number of aromatic nitrogens is 2. The van der Waals surface area contributed by atoms with Crippen LogP contribution in [-0.4, -0.2) is 9.55 Å². The molecule has 0 atom stereocenters. The van der Waals surface area contributed by atoms with Crippen LogP contribution in [0, 0.1) is 6.92 Å². The van der Waals surface area contributed by atoms with Crippen molar-refractivity contribution in [2.45, 2.75) is 6.92 Å². The van der Waals surface area contributed by atoms with Crippen molar-refractivity contribution in [1.82, 2.24) is 9.55 Å². The van der Waals surface area contributed by atoms with E-state index in [2.05, 4.69) is 36.2 Å². The van der Waals surface area contributed by atoms with E-state index >= 15 is 0 Å². The number of aryl methyl sites for hydroxylation is 1. The van der Waals surface area contributed by atoms with Gasteiger partial charge in [0, 0.05) is 17.8 Å². The van der Waals surface area contributed by atoms with Gasteiger partial charge in [-0.3, -0.25) is 4.57 Å². The Balaban J connectivity index is 2.36. The normalized spacial score (nSPS) is 10.9. The number of nitrogens with zero attached hydrogens (tertiary/aromatic N) is 2. The van der Waals surface area contributed by atoms with E-state index in [-0.39, 0.29) is 0 Å². The number of pyridine rings is 1. The zero-order chi connectivity index (χ0) is 11.8. The smallest absolute Gasteiger partial charge is 0.155 e. The molecule has 0 fully saturated rings. The summed E-state index contributed by atoms with van der Waals surface area (Å²) < 4.78 is 2.03. The lowest BCUT2D eigenvalue weighted by atomic mass is 10.2. The molecule has 0 aliphatic heterocycles. The molecule has 0 aliphatic rings. The van der Waals surface area contributed by atoms with Gasteiger partial charge in [-0.2, -0.15) is 0 Å². The summed E-state index contributed by atoms with van der Waals surface area (Å²) in [5.41, 5.74) is 2.38. The highest BCUT2D eigenvalue weighted by Crippen LogP contribution is 2.25. The molecule has 0 N–H and O–H groups in total. The Morgan fingerprint density at radius 2 is 2.00 bits per heavy atom. The van der Waals surface area contributed by atoms with Gasteiger partial charge in [0.15, 0.2) is 5.82 Å². The topological polar surface area (TPSA) is 17.8 Å². The molecule has 2 nitrogen and oxygen atoms in total. The van der Waals surface area contributed by atoms with Crippen molar-refractivity contribution < 1.29 is 0 Å². The molecule has 0 bridgehead atoms. The molecular formula is C14H11ClN2. The molecule has 2 heterocycles. The van der Waals surface area contributed by atoms with Gasteiger partial charge < -0.3 is 0 Å². The van der Waals surface area contributed by atoms with Crippen LogP contribution in [0.15, 0.2) is 48.8 Å². The molecule has 0 spiro atoms. The van der Waals surface area contributed by atoms with E-state index in [0.717, 1.165) is 11.3 Å². The molecule has 0 saturated carbocycles. The number of para-hydroxylation sites is 1. The maximum absolute atomic E-state index is 6.19. The summed E-state index contributed by atoms with van der Waals surface area (Å²) in [5, 5.41) is 1.86. The molecule has 17 heavy (non-hydrogen) atoms. The van der Waals surface area contributed by atoms with E-state index in [1.165, 1.54) is 10.9 Å². The number of benzene rings is 1. The fourth-order valence-corrected chi connectivity index (χ4v) is 2.32.